The zero-order valence-electron chi connectivity index (χ0n) is 6.71. The Morgan fingerprint density at radius 1 is 1.67 bits per heavy atom. The van der Waals surface area contributed by atoms with Gasteiger partial charge in [0.2, 0.25) is 0 Å². The van der Waals surface area contributed by atoms with Crippen LogP contribution in [0.3, 0.4) is 0 Å². The number of nitrogens with two attached hydrogens (primary N) is 1. The third kappa shape index (κ3) is 1.18. The highest BCUT2D eigenvalue weighted by Gasteiger charge is 2.17. The Balaban J connectivity index is 2.20. The molecule has 2 heterocycles. The Kier molecular flexibility index (Phi) is 1.77. The second-order valence-corrected chi connectivity index (χ2v) is 3.93. The predicted octanol–water partition coefficient (Wildman–Crippen LogP) is 1.000. The fourth-order valence-corrected chi connectivity index (χ4v) is 2.34. The van der Waals surface area contributed by atoms with Gasteiger partial charge in [-0.2, -0.15) is 0 Å². The molecule has 0 saturated carbocycles. The van der Waals surface area contributed by atoms with E-state index in [1.165, 1.54) is 10.4 Å². The van der Waals surface area contributed by atoms with E-state index in [1.807, 2.05) is 4.90 Å². The smallest absolute Gasteiger partial charge is 0.188 e. The van der Waals surface area contributed by atoms with Crippen molar-refractivity contribution in [1.29, 1.82) is 5.41 Å². The van der Waals surface area contributed by atoms with E-state index >= 15 is 0 Å². The van der Waals surface area contributed by atoms with Crippen LogP contribution in [0.25, 0.3) is 0 Å². The highest BCUT2D eigenvalue weighted by Crippen LogP contribution is 2.23. The molecule has 0 aromatic carbocycles. The zero-order chi connectivity index (χ0) is 8.55. The standard InChI is InChI=1S/C8H11N3S/c9-8(10)11-3-1-7-6(5-11)2-4-12-7/h2,4H,1,3,5H2,(H3,9,10). The van der Waals surface area contributed by atoms with Crippen molar-refractivity contribution in [3.05, 3.63) is 21.9 Å². The lowest BCUT2D eigenvalue weighted by Gasteiger charge is -2.26. The molecule has 3 N–H and O–H groups in total. The van der Waals surface area contributed by atoms with Crippen molar-refractivity contribution in [3.63, 3.8) is 0 Å². The summed E-state index contributed by atoms with van der Waals surface area (Å²) >= 11 is 1.80. The second-order valence-electron chi connectivity index (χ2n) is 2.93. The molecule has 1 aliphatic heterocycles. The summed E-state index contributed by atoms with van der Waals surface area (Å²) in [5.41, 5.74) is 6.74. The summed E-state index contributed by atoms with van der Waals surface area (Å²) < 4.78 is 0. The molecular weight excluding hydrogens is 170 g/mol. The molecule has 0 spiro atoms. The first-order chi connectivity index (χ1) is 5.77. The Morgan fingerprint density at radius 2 is 2.50 bits per heavy atom. The third-order valence-corrected chi connectivity index (χ3v) is 3.17. The lowest BCUT2D eigenvalue weighted by atomic mass is 10.1. The van der Waals surface area contributed by atoms with Gasteiger partial charge in [-0.3, -0.25) is 5.41 Å². The fourth-order valence-electron chi connectivity index (χ4n) is 1.45. The van der Waals surface area contributed by atoms with Crippen molar-refractivity contribution >= 4 is 17.3 Å². The van der Waals surface area contributed by atoms with Gasteiger partial charge in [-0.1, -0.05) is 0 Å². The Labute approximate surface area is 75.3 Å². The molecule has 2 rings (SSSR count). The van der Waals surface area contributed by atoms with Crippen molar-refractivity contribution in [1.82, 2.24) is 4.90 Å². The molecule has 64 valence electrons. The lowest BCUT2D eigenvalue weighted by Crippen LogP contribution is -2.39. The molecule has 4 heteroatoms. The molecule has 3 nitrogen and oxygen atoms in total. The minimum absolute atomic E-state index is 0.187. The largest absolute Gasteiger partial charge is 0.370 e. The zero-order valence-corrected chi connectivity index (χ0v) is 7.53. The van der Waals surface area contributed by atoms with Gasteiger partial charge in [0.1, 0.15) is 0 Å². The first-order valence-corrected chi connectivity index (χ1v) is 4.79. The van der Waals surface area contributed by atoms with Crippen LogP contribution in [0.2, 0.25) is 0 Å². The molecule has 12 heavy (non-hydrogen) atoms. The summed E-state index contributed by atoms with van der Waals surface area (Å²) in [6.07, 6.45) is 1.03. The molecule has 0 bridgehead atoms. The Bertz CT molecular complexity index is 305. The summed E-state index contributed by atoms with van der Waals surface area (Å²) in [5, 5.41) is 9.40. The maximum atomic E-state index is 7.29. The van der Waals surface area contributed by atoms with E-state index in [2.05, 4.69) is 11.4 Å². The molecule has 0 atom stereocenters. The molecule has 0 radical (unpaired) electrons. The second kappa shape index (κ2) is 2.79. The number of guanidine groups is 1. The van der Waals surface area contributed by atoms with E-state index in [0.29, 0.717) is 0 Å². The Hall–Kier alpha value is -1.03. The first-order valence-electron chi connectivity index (χ1n) is 3.91. The molecule has 0 aliphatic carbocycles. The maximum Gasteiger partial charge on any atom is 0.188 e. The maximum absolute atomic E-state index is 7.29. The van der Waals surface area contributed by atoms with Crippen LogP contribution >= 0.6 is 11.3 Å². The van der Waals surface area contributed by atoms with Crippen molar-refractivity contribution in [2.75, 3.05) is 6.54 Å². The van der Waals surface area contributed by atoms with Crippen LogP contribution in [0.15, 0.2) is 11.4 Å². The van der Waals surface area contributed by atoms with Gasteiger partial charge in [0, 0.05) is 18.0 Å². The van der Waals surface area contributed by atoms with Gasteiger partial charge >= 0.3 is 0 Å². The summed E-state index contributed by atoms with van der Waals surface area (Å²) in [6.45, 7) is 1.71. The van der Waals surface area contributed by atoms with E-state index in [9.17, 15) is 0 Å². The molecular formula is C8H11N3S. The van der Waals surface area contributed by atoms with Gasteiger partial charge in [0.05, 0.1) is 0 Å². The molecule has 0 amide bonds. The topological polar surface area (TPSA) is 53.1 Å². The van der Waals surface area contributed by atoms with Crippen LogP contribution in [-0.4, -0.2) is 17.4 Å². The average Bonchev–Trinajstić information content (AvgIpc) is 2.49. The minimum atomic E-state index is 0.187. The number of nitrogens with one attached hydrogen (secondary N) is 1. The van der Waals surface area contributed by atoms with Gasteiger partial charge in [-0.25, -0.2) is 0 Å². The molecule has 0 fully saturated rings. The summed E-state index contributed by atoms with van der Waals surface area (Å²) in [6, 6.07) is 2.12. The number of thiophene rings is 1. The van der Waals surface area contributed by atoms with E-state index in [1.54, 1.807) is 11.3 Å². The monoisotopic (exact) mass is 181 g/mol. The minimum Gasteiger partial charge on any atom is -0.370 e. The van der Waals surface area contributed by atoms with Crippen LogP contribution < -0.4 is 5.73 Å². The van der Waals surface area contributed by atoms with Crippen LogP contribution in [0, 0.1) is 5.41 Å². The van der Waals surface area contributed by atoms with Crippen molar-refractivity contribution in [2.45, 2.75) is 13.0 Å². The van der Waals surface area contributed by atoms with E-state index < -0.39 is 0 Å². The van der Waals surface area contributed by atoms with E-state index in [4.69, 9.17) is 11.1 Å². The SMILES string of the molecule is N=C(N)N1CCc2sccc2C1. The fraction of sp³-hybridized carbons (Fsp3) is 0.375. The number of hydrogen-bond donors (Lipinski definition) is 2. The molecule has 0 unspecified atom stereocenters. The van der Waals surface area contributed by atoms with Crippen molar-refractivity contribution in [3.8, 4) is 0 Å². The number of hydrogen-bond acceptors (Lipinski definition) is 2. The van der Waals surface area contributed by atoms with Gasteiger partial charge < -0.3 is 10.6 Å². The van der Waals surface area contributed by atoms with Crippen molar-refractivity contribution < 1.29 is 0 Å². The Morgan fingerprint density at radius 3 is 3.25 bits per heavy atom. The summed E-state index contributed by atoms with van der Waals surface area (Å²) in [4.78, 5) is 3.35. The quantitative estimate of drug-likeness (QED) is 0.463. The van der Waals surface area contributed by atoms with Gasteiger partial charge in [0.25, 0.3) is 0 Å². The molecule has 1 aliphatic rings. The molecule has 1 aromatic heterocycles. The molecule has 0 saturated heterocycles. The number of fused-ring (bicyclic) bond motifs is 1. The van der Waals surface area contributed by atoms with Crippen LogP contribution in [0.1, 0.15) is 10.4 Å². The van der Waals surface area contributed by atoms with Crippen LogP contribution in [0.5, 0.6) is 0 Å². The van der Waals surface area contributed by atoms with Crippen LogP contribution in [0.4, 0.5) is 0 Å². The number of nitrogens with zero attached hydrogens (tertiary/aromatic N) is 1. The van der Waals surface area contributed by atoms with E-state index in [-0.39, 0.29) is 5.96 Å². The average molecular weight is 181 g/mol. The number of rotatable bonds is 0. The summed E-state index contributed by atoms with van der Waals surface area (Å²) in [7, 11) is 0. The van der Waals surface area contributed by atoms with Gasteiger partial charge in [-0.05, 0) is 23.4 Å². The van der Waals surface area contributed by atoms with Gasteiger partial charge in [0.15, 0.2) is 5.96 Å². The van der Waals surface area contributed by atoms with Crippen molar-refractivity contribution in [2.24, 2.45) is 5.73 Å². The lowest BCUT2D eigenvalue weighted by molar-refractivity contribution is 0.390. The first kappa shape index (κ1) is 7.61. The normalized spacial score (nSPS) is 15.8. The van der Waals surface area contributed by atoms with Gasteiger partial charge in [-0.15, -0.1) is 11.3 Å². The molecule has 1 aromatic rings. The predicted molar refractivity (Wildman–Crippen MR) is 50.3 cm³/mol. The third-order valence-electron chi connectivity index (χ3n) is 2.15. The summed E-state index contributed by atoms with van der Waals surface area (Å²) in [5.74, 6) is 0.187. The highest BCUT2D eigenvalue weighted by atomic mass is 32.1. The van der Waals surface area contributed by atoms with E-state index in [0.717, 1.165) is 19.5 Å². The highest BCUT2D eigenvalue weighted by molar-refractivity contribution is 7.10. The van der Waals surface area contributed by atoms with Crippen LogP contribution in [-0.2, 0) is 13.0 Å².